The summed E-state index contributed by atoms with van der Waals surface area (Å²) in [5, 5.41) is 7.45. The summed E-state index contributed by atoms with van der Waals surface area (Å²) in [6.45, 7) is 10.6. The van der Waals surface area contributed by atoms with E-state index in [4.69, 9.17) is 5.73 Å². The summed E-state index contributed by atoms with van der Waals surface area (Å²) < 4.78 is 7.14. The van der Waals surface area contributed by atoms with E-state index in [2.05, 4.69) is 246 Å². The molecule has 0 fully saturated rings. The van der Waals surface area contributed by atoms with Crippen molar-refractivity contribution in [3.8, 4) is 17.1 Å². The molecule has 3 heterocycles. The fourth-order valence-electron chi connectivity index (χ4n) is 9.95. The van der Waals surface area contributed by atoms with Gasteiger partial charge in [-0.2, -0.15) is 0 Å². The fraction of sp³-hybridized carbons (Fsp3) is 0.109. The van der Waals surface area contributed by atoms with Crippen LogP contribution in [0.4, 0.5) is 0 Å². The molecule has 8 aromatic carbocycles. The molecule has 3 aromatic heterocycles. The lowest BCUT2D eigenvalue weighted by atomic mass is 9.98. The van der Waals surface area contributed by atoms with E-state index in [0.29, 0.717) is 6.42 Å². The topological polar surface area (TPSA) is 53.2 Å². The van der Waals surface area contributed by atoms with Gasteiger partial charge in [-0.15, -0.1) is 0 Å². The molecule has 69 heavy (non-hydrogen) atoms. The first-order chi connectivity index (χ1) is 34.0. The van der Waals surface area contributed by atoms with Crippen LogP contribution >= 0.6 is 0 Å². The summed E-state index contributed by atoms with van der Waals surface area (Å²) in [6.07, 6.45) is 15.0. The molecule has 0 bridgehead atoms. The Morgan fingerprint density at radius 2 is 0.942 bits per heavy atom. The number of aliphatic imine (C=N–C) groups is 1. The molecule has 2 N–H and O–H groups in total. The maximum absolute atomic E-state index is 5.37. The number of hydrogen-bond donors (Lipinski definition) is 1. The smallest absolute Gasteiger partial charge is 0.0659 e. The van der Waals surface area contributed by atoms with Crippen molar-refractivity contribution in [3.63, 3.8) is 0 Å². The van der Waals surface area contributed by atoms with Crippen LogP contribution in [0.2, 0.25) is 0 Å². The van der Waals surface area contributed by atoms with E-state index < -0.39 is 0 Å². The van der Waals surface area contributed by atoms with E-state index in [1.165, 1.54) is 83.0 Å². The van der Waals surface area contributed by atoms with Crippen LogP contribution < -0.4 is 5.73 Å². The van der Waals surface area contributed by atoms with Crippen molar-refractivity contribution in [1.82, 2.24) is 13.7 Å². The van der Waals surface area contributed by atoms with E-state index in [9.17, 15) is 0 Å². The second kappa shape index (κ2) is 19.8. The van der Waals surface area contributed by atoms with Crippen molar-refractivity contribution < 1.29 is 0 Å². The number of para-hydroxylation sites is 6. The van der Waals surface area contributed by atoms with Crippen molar-refractivity contribution in [2.75, 3.05) is 0 Å². The normalized spacial score (nSPS) is 12.9. The molecule has 11 aromatic rings. The Labute approximate surface area is 404 Å². The molecule has 5 nitrogen and oxygen atoms in total. The number of aromatic nitrogens is 3. The summed E-state index contributed by atoms with van der Waals surface area (Å²) in [4.78, 5) is 4.68. The first kappa shape index (κ1) is 44.4. The van der Waals surface area contributed by atoms with Gasteiger partial charge < -0.3 is 19.4 Å². The van der Waals surface area contributed by atoms with E-state index in [1.807, 2.05) is 19.1 Å². The van der Waals surface area contributed by atoms with Gasteiger partial charge in [0.15, 0.2) is 0 Å². The lowest BCUT2D eigenvalue weighted by molar-refractivity contribution is 0.562. The molecule has 5 heteroatoms. The van der Waals surface area contributed by atoms with E-state index in [-0.39, 0.29) is 0 Å². The molecular formula is C64H57N5. The molecule has 0 saturated heterocycles. The third-order valence-corrected chi connectivity index (χ3v) is 13.4. The molecule has 11 rings (SSSR count). The largest absolute Gasteiger partial charge is 0.405 e. The van der Waals surface area contributed by atoms with Gasteiger partial charge in [-0.25, -0.2) is 0 Å². The van der Waals surface area contributed by atoms with Gasteiger partial charge in [0.05, 0.1) is 38.8 Å². The quantitative estimate of drug-likeness (QED) is 0.0964. The second-order valence-corrected chi connectivity index (χ2v) is 17.8. The molecule has 0 aliphatic heterocycles. The van der Waals surface area contributed by atoms with Crippen LogP contribution in [0.15, 0.2) is 235 Å². The van der Waals surface area contributed by atoms with Gasteiger partial charge in [0.2, 0.25) is 0 Å². The van der Waals surface area contributed by atoms with E-state index in [1.54, 1.807) is 6.20 Å². The first-order valence-electron chi connectivity index (χ1n) is 24.1. The standard InChI is InChI=1S/C52H36N4.C12H21N/c1-53-46(31-28-35-26-29-37(30-27-35)54-47-20-8-2-14-40(47)41-15-3-9-21-48(41)54)36-32-38(55-49-22-10-4-16-42(49)43-17-5-11-23-50(43)55)34-39(33-36)56-51-24-12-6-18-44(51)45-19-7-13-25-52(45)56;1-4-6-7-12(8-9-13)10-11(3)5-2/h2-27,29-34H,1,28H2;4,6-9,11H,5,10,13H2,1-3H3/b46-31-;6-4+,9-8-,12-7+. The van der Waals surface area contributed by atoms with Crippen LogP contribution in [-0.4, -0.2) is 20.4 Å². The van der Waals surface area contributed by atoms with E-state index in [0.717, 1.165) is 40.7 Å². The lowest BCUT2D eigenvalue weighted by Crippen LogP contribution is -2.01. The Hall–Kier alpha value is -8.41. The average molecular weight is 896 g/mol. The Balaban J connectivity index is 0.000000375. The molecule has 338 valence electrons. The third-order valence-electron chi connectivity index (χ3n) is 13.4. The van der Waals surface area contributed by atoms with Crippen LogP contribution in [-0.2, 0) is 6.42 Å². The van der Waals surface area contributed by atoms with Crippen molar-refractivity contribution in [2.45, 2.75) is 40.0 Å². The van der Waals surface area contributed by atoms with Crippen LogP contribution in [0.25, 0.3) is 88.2 Å². The predicted octanol–water partition coefficient (Wildman–Crippen LogP) is 16.7. The Morgan fingerprint density at radius 3 is 1.30 bits per heavy atom. The van der Waals surface area contributed by atoms with Crippen LogP contribution in [0.1, 0.15) is 44.7 Å². The molecule has 0 radical (unpaired) electrons. The summed E-state index contributed by atoms with van der Waals surface area (Å²) in [5.74, 6) is 0.729. The zero-order valence-corrected chi connectivity index (χ0v) is 39.6. The minimum atomic E-state index is 0.714. The van der Waals surface area contributed by atoms with Gasteiger partial charge in [-0.05, 0) is 123 Å². The molecule has 1 unspecified atom stereocenters. The number of nitrogens with zero attached hydrogens (tertiary/aromatic N) is 4. The number of benzene rings is 8. The van der Waals surface area contributed by atoms with Gasteiger partial charge in [0.1, 0.15) is 0 Å². The van der Waals surface area contributed by atoms with E-state index >= 15 is 0 Å². The maximum atomic E-state index is 5.37. The van der Waals surface area contributed by atoms with Crippen LogP contribution in [0.5, 0.6) is 0 Å². The molecule has 0 aliphatic rings. The number of rotatable bonds is 12. The molecule has 0 saturated carbocycles. The molecule has 0 aliphatic carbocycles. The molecular weight excluding hydrogens is 839 g/mol. The van der Waals surface area contributed by atoms with Gasteiger partial charge in [0, 0.05) is 54.9 Å². The fourth-order valence-corrected chi connectivity index (χ4v) is 9.95. The highest BCUT2D eigenvalue weighted by atomic mass is 15.0. The van der Waals surface area contributed by atoms with Crippen molar-refractivity contribution >= 4 is 77.8 Å². The number of hydrogen-bond acceptors (Lipinski definition) is 2. The highest BCUT2D eigenvalue weighted by Crippen LogP contribution is 2.38. The first-order valence-corrected chi connectivity index (χ1v) is 24.1. The monoisotopic (exact) mass is 895 g/mol. The summed E-state index contributed by atoms with van der Waals surface area (Å²) in [5.41, 5.74) is 20.1. The Kier molecular flexibility index (Phi) is 12.8. The summed E-state index contributed by atoms with van der Waals surface area (Å²) in [6, 6.07) is 67.8. The predicted molar refractivity (Wildman–Crippen MR) is 297 cm³/mol. The number of fused-ring (bicyclic) bond motifs is 9. The zero-order chi connectivity index (χ0) is 47.3. The maximum Gasteiger partial charge on any atom is 0.0659 e. The van der Waals surface area contributed by atoms with Gasteiger partial charge >= 0.3 is 0 Å². The van der Waals surface area contributed by atoms with Crippen LogP contribution in [0, 0.1) is 5.92 Å². The third kappa shape index (κ3) is 8.60. The van der Waals surface area contributed by atoms with Crippen LogP contribution in [0.3, 0.4) is 0 Å². The highest BCUT2D eigenvalue weighted by Gasteiger charge is 2.18. The average Bonchev–Trinajstić information content (AvgIpc) is 4.04. The minimum Gasteiger partial charge on any atom is -0.405 e. The lowest BCUT2D eigenvalue weighted by Gasteiger charge is -2.16. The SMILES string of the molecule is C/C=C/C=C(\C=C/N)CC(C)CC.C=N/C(=C\Cc1ccc(-n2c3ccccc3c3ccccc32)cc1)c1cc(-n2c3ccccc3c3ccccc32)cc(-n2c3ccccc3c3ccccc32)c1. The molecule has 0 spiro atoms. The second-order valence-electron chi connectivity index (χ2n) is 17.8. The Morgan fingerprint density at radius 1 is 0.551 bits per heavy atom. The van der Waals surface area contributed by atoms with Crippen molar-refractivity contribution in [3.05, 3.63) is 241 Å². The van der Waals surface area contributed by atoms with Gasteiger partial charge in [-0.3, -0.25) is 4.99 Å². The number of allylic oxidation sites excluding steroid dienone is 6. The van der Waals surface area contributed by atoms with Crippen molar-refractivity contribution in [2.24, 2.45) is 16.6 Å². The Bertz CT molecular complexity index is 3480. The molecule has 1 atom stereocenters. The minimum absolute atomic E-state index is 0.714. The van der Waals surface area contributed by atoms with Gasteiger partial charge in [-0.1, -0.05) is 166 Å². The summed E-state index contributed by atoms with van der Waals surface area (Å²) >= 11 is 0. The van der Waals surface area contributed by atoms with Gasteiger partial charge in [0.25, 0.3) is 0 Å². The summed E-state index contributed by atoms with van der Waals surface area (Å²) in [7, 11) is 0. The molecule has 0 amide bonds. The van der Waals surface area contributed by atoms with Crippen molar-refractivity contribution in [1.29, 1.82) is 0 Å². The zero-order valence-electron chi connectivity index (χ0n) is 39.6. The highest BCUT2D eigenvalue weighted by molar-refractivity contribution is 6.11. The number of nitrogens with two attached hydrogens (primary N) is 1.